The number of pyridine rings is 2. The largest absolute Gasteiger partial charge is 0.483 e. The Morgan fingerprint density at radius 2 is 1.67 bits per heavy atom. The smallest absolute Gasteiger partial charge is 0.301 e. The van der Waals surface area contributed by atoms with Crippen molar-refractivity contribution in [2.75, 3.05) is 55.9 Å². The van der Waals surface area contributed by atoms with Crippen LogP contribution in [-0.2, 0) is 29.4 Å². The first-order chi connectivity index (χ1) is 32.2. The number of nitrogens with zero attached hydrogens (tertiary/aromatic N) is 5. The zero-order valence-corrected chi connectivity index (χ0v) is 37.7. The number of anilines is 2. The summed E-state index contributed by atoms with van der Waals surface area (Å²) in [4.78, 5) is 74.9. The number of aromatic nitrogens is 3. The van der Waals surface area contributed by atoms with Gasteiger partial charge in [-0.05, 0) is 86.8 Å². The summed E-state index contributed by atoms with van der Waals surface area (Å²) in [5.41, 5.74) is 2.31. The second-order valence-electron chi connectivity index (χ2n) is 16.5. The number of carbonyl (C=O) groups is 5. The van der Waals surface area contributed by atoms with Crippen LogP contribution in [0.1, 0.15) is 73.0 Å². The molecule has 2 aromatic carbocycles. The molecule has 3 fully saturated rings. The maximum absolute atomic E-state index is 15.6. The van der Waals surface area contributed by atoms with Crippen molar-refractivity contribution in [1.29, 1.82) is 0 Å². The van der Waals surface area contributed by atoms with Crippen LogP contribution in [-0.4, -0.2) is 126 Å². The van der Waals surface area contributed by atoms with Crippen molar-refractivity contribution in [1.82, 2.24) is 34.8 Å². The minimum Gasteiger partial charge on any atom is -0.483 e. The first kappa shape index (κ1) is 48.1. The third-order valence-electron chi connectivity index (χ3n) is 12.2. The number of amides is 3. The molecule has 5 N–H and O–H groups in total. The van der Waals surface area contributed by atoms with Gasteiger partial charge in [-0.3, -0.25) is 43.9 Å². The summed E-state index contributed by atoms with van der Waals surface area (Å²) in [5.74, 6) is -3.40. The van der Waals surface area contributed by atoms with Crippen molar-refractivity contribution >= 4 is 62.6 Å². The van der Waals surface area contributed by atoms with Crippen molar-refractivity contribution in [2.24, 2.45) is 0 Å². The Kier molecular flexibility index (Phi) is 15.2. The van der Waals surface area contributed by atoms with Gasteiger partial charge in [0.2, 0.25) is 17.6 Å². The average Bonchev–Trinajstić information content (AvgIpc) is 3.75. The van der Waals surface area contributed by atoms with E-state index in [1.807, 2.05) is 36.4 Å². The van der Waals surface area contributed by atoms with E-state index in [0.29, 0.717) is 35.3 Å². The number of hydrogen-bond donors (Lipinski definition) is 5. The Morgan fingerprint density at radius 1 is 0.955 bits per heavy atom. The number of nitrogens with one attached hydrogen (secondary N) is 4. The van der Waals surface area contributed by atoms with Gasteiger partial charge in [-0.1, -0.05) is 19.1 Å². The molecule has 0 radical (unpaired) electrons. The zero-order valence-electron chi connectivity index (χ0n) is 36.8. The lowest BCUT2D eigenvalue weighted by atomic mass is 9.93. The molecule has 3 amide bonds. The summed E-state index contributed by atoms with van der Waals surface area (Å²) in [6.07, 6.45) is 7.79. The standard InChI is InChI=1S/C45H49F2N9O7S.CH2O2/c1-3-54(2)64(61,62)53-37-11-9-35(46)41(42(37)47)43(59)34-25-50-44-33(34)22-29(23-49-44)27-4-6-31(7-5-27)56-20-16-30(17-21-56)51-40(58)26-55-18-14-28(15-19-55)36-10-8-32(24-48-36)63-38-12-13-39(57)52-45(38)60;2-1-3/h4-11,22-25,28,30,38,53H,3,12-21,26H2,1-2H3,(H,49,50)(H,51,58)(H,52,57,60);1H,(H,2,3). The van der Waals surface area contributed by atoms with Gasteiger partial charge in [0.25, 0.3) is 12.4 Å². The molecule has 6 heterocycles. The van der Waals surface area contributed by atoms with E-state index >= 15 is 8.78 Å². The molecule has 3 aliphatic rings. The molecule has 0 spiro atoms. The van der Waals surface area contributed by atoms with Gasteiger partial charge in [-0.25, -0.2) is 13.8 Å². The van der Waals surface area contributed by atoms with E-state index in [4.69, 9.17) is 14.6 Å². The Morgan fingerprint density at radius 3 is 2.33 bits per heavy atom. The maximum Gasteiger partial charge on any atom is 0.301 e. The van der Waals surface area contributed by atoms with E-state index < -0.39 is 50.9 Å². The first-order valence-corrected chi connectivity index (χ1v) is 23.3. The molecule has 0 aliphatic carbocycles. The van der Waals surface area contributed by atoms with E-state index in [-0.39, 0.29) is 48.8 Å². The lowest BCUT2D eigenvalue weighted by Crippen LogP contribution is -2.48. The van der Waals surface area contributed by atoms with Crippen molar-refractivity contribution in [3.63, 3.8) is 0 Å². The van der Waals surface area contributed by atoms with E-state index in [0.717, 1.165) is 85.2 Å². The third-order valence-corrected chi connectivity index (χ3v) is 13.8. The summed E-state index contributed by atoms with van der Waals surface area (Å²) < 4.78 is 64.5. The van der Waals surface area contributed by atoms with Gasteiger partial charge < -0.3 is 25.0 Å². The second-order valence-corrected chi connectivity index (χ2v) is 18.2. The summed E-state index contributed by atoms with van der Waals surface area (Å²) in [7, 11) is -2.84. The first-order valence-electron chi connectivity index (χ1n) is 21.8. The molecule has 1 unspecified atom stereocenters. The van der Waals surface area contributed by atoms with Crippen molar-refractivity contribution < 1.29 is 51.0 Å². The van der Waals surface area contributed by atoms with Crippen LogP contribution >= 0.6 is 0 Å². The van der Waals surface area contributed by atoms with Crippen LogP contribution in [0.2, 0.25) is 0 Å². The van der Waals surface area contributed by atoms with Gasteiger partial charge in [0.15, 0.2) is 11.9 Å². The van der Waals surface area contributed by atoms with Crippen LogP contribution < -0.4 is 25.0 Å². The quantitative estimate of drug-likeness (QED) is 0.0583. The number of hydrogen-bond acceptors (Lipinski definition) is 12. The molecule has 3 aromatic heterocycles. The fourth-order valence-corrected chi connectivity index (χ4v) is 9.30. The molecule has 354 valence electrons. The highest BCUT2D eigenvalue weighted by Gasteiger charge is 2.30. The van der Waals surface area contributed by atoms with Crippen molar-refractivity contribution in [2.45, 2.75) is 63.5 Å². The number of imide groups is 1. The third kappa shape index (κ3) is 11.4. The molecule has 3 aliphatic heterocycles. The number of likely N-dealkylation sites (tertiary alicyclic amines) is 1. The van der Waals surface area contributed by atoms with Gasteiger partial charge in [-0.2, -0.15) is 12.7 Å². The van der Waals surface area contributed by atoms with Gasteiger partial charge >= 0.3 is 10.2 Å². The van der Waals surface area contributed by atoms with E-state index in [1.54, 1.807) is 25.4 Å². The molecule has 67 heavy (non-hydrogen) atoms. The number of benzene rings is 2. The van der Waals surface area contributed by atoms with Gasteiger partial charge in [0, 0.05) is 91.8 Å². The SMILES string of the molecule is CCN(C)S(=O)(=O)Nc1ccc(F)c(C(=O)c2c[nH]c3ncc(-c4ccc(N5CCC(NC(=O)CN6CCC(c7ccc(OC8CCC(=O)NC8=O)cn7)CC6)CC5)cc4)cc23)c1F.O=CO. The van der Waals surface area contributed by atoms with Crippen LogP contribution in [0.15, 0.2) is 73.2 Å². The molecule has 1 atom stereocenters. The van der Waals surface area contributed by atoms with Crippen LogP contribution in [0, 0.1) is 11.6 Å². The summed E-state index contributed by atoms with van der Waals surface area (Å²) in [6, 6.07) is 15.2. The number of piperidine rings is 3. The Hall–Kier alpha value is -6.84. The highest BCUT2D eigenvalue weighted by molar-refractivity contribution is 7.90. The van der Waals surface area contributed by atoms with Crippen LogP contribution in [0.25, 0.3) is 22.2 Å². The number of fused-ring (bicyclic) bond motifs is 1. The van der Waals surface area contributed by atoms with Crippen LogP contribution in [0.4, 0.5) is 20.2 Å². The molecule has 21 heteroatoms. The average molecular weight is 944 g/mol. The van der Waals surface area contributed by atoms with Crippen molar-refractivity contribution in [3.05, 3.63) is 102 Å². The molecule has 18 nitrogen and oxygen atoms in total. The van der Waals surface area contributed by atoms with Crippen molar-refractivity contribution in [3.8, 4) is 16.9 Å². The zero-order chi connectivity index (χ0) is 47.8. The second kappa shape index (κ2) is 21.2. The predicted octanol–water partition coefficient (Wildman–Crippen LogP) is 4.59. The number of aromatic amines is 1. The molecular formula is C46H51F2N9O9S. The summed E-state index contributed by atoms with van der Waals surface area (Å²) >= 11 is 0. The number of H-pyrrole nitrogens is 1. The number of ether oxygens (including phenoxy) is 1. The summed E-state index contributed by atoms with van der Waals surface area (Å²) in [6.45, 7) is 4.85. The van der Waals surface area contributed by atoms with Gasteiger partial charge in [0.05, 0.1) is 24.0 Å². The highest BCUT2D eigenvalue weighted by Crippen LogP contribution is 2.32. The van der Waals surface area contributed by atoms with Crippen LogP contribution in [0.3, 0.4) is 0 Å². The molecule has 8 rings (SSSR count). The number of halogens is 2. The molecule has 3 saturated heterocycles. The molecule has 5 aromatic rings. The van der Waals surface area contributed by atoms with Gasteiger partial charge in [-0.15, -0.1) is 0 Å². The number of rotatable bonds is 14. The van der Waals surface area contributed by atoms with Crippen LogP contribution in [0.5, 0.6) is 5.75 Å². The minimum atomic E-state index is -4.14. The Bertz CT molecular complexity index is 2720. The highest BCUT2D eigenvalue weighted by atomic mass is 32.2. The van der Waals surface area contributed by atoms with E-state index in [9.17, 15) is 27.6 Å². The number of ketones is 1. The topological polar surface area (TPSA) is 236 Å². The minimum absolute atomic E-state index is 0.0128. The predicted molar refractivity (Wildman–Crippen MR) is 244 cm³/mol. The molecule has 0 saturated carbocycles. The van der Waals surface area contributed by atoms with E-state index in [2.05, 4.69) is 40.1 Å². The molecule has 0 bridgehead atoms. The Labute approximate surface area is 385 Å². The number of carbonyl (C=O) groups excluding carboxylic acids is 4. The maximum atomic E-state index is 15.6. The molecular weight excluding hydrogens is 893 g/mol. The normalized spacial score (nSPS) is 17.4. The van der Waals surface area contributed by atoms with Gasteiger partial charge in [0.1, 0.15) is 17.2 Å². The lowest BCUT2D eigenvalue weighted by Gasteiger charge is -2.35. The lowest BCUT2D eigenvalue weighted by molar-refractivity contribution is -0.139. The summed E-state index contributed by atoms with van der Waals surface area (Å²) in [5, 5.41) is 12.8. The fourth-order valence-electron chi connectivity index (χ4n) is 8.37. The monoisotopic (exact) mass is 943 g/mol. The number of carboxylic acid groups (broad SMARTS) is 1. The Balaban J connectivity index is 0.00000216. The fraction of sp³-hybridized carbons (Fsp3) is 0.370. The van der Waals surface area contributed by atoms with E-state index in [1.165, 1.54) is 13.2 Å².